The second-order valence-electron chi connectivity index (χ2n) is 4.06. The molecule has 0 saturated carbocycles. The SMILES string of the molecule is Cc1cc(S(=O)(=O)Nc2ccc(Cl)cc2I)sc1CO. The van der Waals surface area contributed by atoms with Crippen LogP contribution in [0, 0.1) is 10.5 Å². The molecule has 0 unspecified atom stereocenters. The van der Waals surface area contributed by atoms with E-state index < -0.39 is 10.0 Å². The molecule has 0 aliphatic rings. The Labute approximate surface area is 140 Å². The summed E-state index contributed by atoms with van der Waals surface area (Å²) >= 11 is 8.92. The van der Waals surface area contributed by atoms with Crippen LogP contribution in [0.1, 0.15) is 10.4 Å². The topological polar surface area (TPSA) is 66.4 Å². The maximum Gasteiger partial charge on any atom is 0.271 e. The monoisotopic (exact) mass is 443 g/mol. The quantitative estimate of drug-likeness (QED) is 0.710. The summed E-state index contributed by atoms with van der Waals surface area (Å²) in [7, 11) is -3.65. The van der Waals surface area contributed by atoms with Crippen LogP contribution in [-0.2, 0) is 16.6 Å². The Balaban J connectivity index is 2.35. The number of anilines is 1. The Morgan fingerprint density at radius 1 is 1.40 bits per heavy atom. The lowest BCUT2D eigenvalue weighted by atomic mass is 10.3. The Morgan fingerprint density at radius 3 is 2.65 bits per heavy atom. The van der Waals surface area contributed by atoms with E-state index in [4.69, 9.17) is 16.7 Å². The molecule has 108 valence electrons. The van der Waals surface area contributed by atoms with Gasteiger partial charge in [-0.3, -0.25) is 4.72 Å². The fourth-order valence-electron chi connectivity index (χ4n) is 1.55. The molecule has 0 radical (unpaired) electrons. The highest BCUT2D eigenvalue weighted by Gasteiger charge is 2.19. The zero-order valence-electron chi connectivity index (χ0n) is 10.4. The van der Waals surface area contributed by atoms with E-state index in [2.05, 4.69) is 4.72 Å². The molecule has 0 saturated heterocycles. The van der Waals surface area contributed by atoms with Crippen LogP contribution < -0.4 is 4.72 Å². The number of aryl methyl sites for hydroxylation is 1. The average Bonchev–Trinajstić information content (AvgIpc) is 2.75. The number of aliphatic hydroxyl groups is 1. The predicted molar refractivity (Wildman–Crippen MR) is 90.0 cm³/mol. The number of hydrogen-bond acceptors (Lipinski definition) is 4. The van der Waals surface area contributed by atoms with E-state index in [0.29, 0.717) is 19.2 Å². The summed E-state index contributed by atoms with van der Waals surface area (Å²) in [5.41, 5.74) is 1.25. The first-order chi connectivity index (χ1) is 9.33. The molecule has 2 N–H and O–H groups in total. The number of thiophene rings is 1. The van der Waals surface area contributed by atoms with E-state index in [0.717, 1.165) is 16.9 Å². The van der Waals surface area contributed by atoms with Crippen molar-refractivity contribution >= 4 is 61.2 Å². The molecule has 0 spiro atoms. The van der Waals surface area contributed by atoms with E-state index in [1.807, 2.05) is 22.6 Å². The van der Waals surface area contributed by atoms with Gasteiger partial charge in [0.05, 0.1) is 12.3 Å². The zero-order valence-corrected chi connectivity index (χ0v) is 14.9. The summed E-state index contributed by atoms with van der Waals surface area (Å²) in [4.78, 5) is 0.649. The second-order valence-corrected chi connectivity index (χ2v) is 8.70. The molecular formula is C12H11ClINO3S2. The number of nitrogens with one attached hydrogen (secondary N) is 1. The minimum atomic E-state index is -3.65. The van der Waals surface area contributed by atoms with Crippen molar-refractivity contribution in [2.24, 2.45) is 0 Å². The summed E-state index contributed by atoms with van der Waals surface area (Å²) in [6.07, 6.45) is 0. The average molecular weight is 444 g/mol. The number of aliphatic hydroxyl groups excluding tert-OH is 1. The molecule has 0 bridgehead atoms. The van der Waals surface area contributed by atoms with Crippen LogP contribution in [0.15, 0.2) is 28.5 Å². The van der Waals surface area contributed by atoms with Crippen molar-refractivity contribution in [2.75, 3.05) is 4.72 Å². The van der Waals surface area contributed by atoms with Crippen LogP contribution in [0.5, 0.6) is 0 Å². The molecule has 2 aromatic rings. The highest BCUT2D eigenvalue weighted by Crippen LogP contribution is 2.29. The molecule has 0 amide bonds. The molecule has 1 aromatic heterocycles. The number of sulfonamides is 1. The van der Waals surface area contributed by atoms with Crippen LogP contribution in [0.25, 0.3) is 0 Å². The lowest BCUT2D eigenvalue weighted by Crippen LogP contribution is -2.12. The molecule has 4 nitrogen and oxygen atoms in total. The predicted octanol–water partition coefficient (Wildman–Crippen LogP) is 3.61. The summed E-state index contributed by atoms with van der Waals surface area (Å²) in [6.45, 7) is 1.61. The molecular weight excluding hydrogens is 433 g/mol. The molecule has 20 heavy (non-hydrogen) atoms. The van der Waals surface area contributed by atoms with Crippen LogP contribution in [0.2, 0.25) is 5.02 Å². The van der Waals surface area contributed by atoms with Gasteiger partial charge in [0.25, 0.3) is 10.0 Å². The van der Waals surface area contributed by atoms with Gasteiger partial charge in [0.15, 0.2) is 0 Å². The molecule has 1 heterocycles. The lowest BCUT2D eigenvalue weighted by molar-refractivity contribution is 0.285. The van der Waals surface area contributed by atoms with Crippen molar-refractivity contribution < 1.29 is 13.5 Å². The van der Waals surface area contributed by atoms with Crippen LogP contribution >= 0.6 is 45.5 Å². The maximum atomic E-state index is 12.3. The van der Waals surface area contributed by atoms with Crippen molar-refractivity contribution in [3.8, 4) is 0 Å². The third-order valence-corrected chi connectivity index (χ3v) is 6.77. The molecule has 1 aromatic carbocycles. The van der Waals surface area contributed by atoms with Crippen LogP contribution in [-0.4, -0.2) is 13.5 Å². The van der Waals surface area contributed by atoms with Gasteiger partial charge in [-0.15, -0.1) is 11.3 Å². The fraction of sp³-hybridized carbons (Fsp3) is 0.167. The molecule has 0 fully saturated rings. The van der Waals surface area contributed by atoms with Gasteiger partial charge in [0.2, 0.25) is 0 Å². The van der Waals surface area contributed by atoms with Crippen LogP contribution in [0.3, 0.4) is 0 Å². The van der Waals surface area contributed by atoms with Gasteiger partial charge >= 0.3 is 0 Å². The third kappa shape index (κ3) is 3.45. The first-order valence-corrected chi connectivity index (χ1v) is 9.27. The van der Waals surface area contributed by atoms with Gasteiger partial charge in [-0.05, 0) is 59.3 Å². The van der Waals surface area contributed by atoms with E-state index in [9.17, 15) is 8.42 Å². The molecule has 8 heteroatoms. The van der Waals surface area contributed by atoms with Gasteiger partial charge < -0.3 is 5.11 Å². The normalized spacial score (nSPS) is 11.6. The fourth-order valence-corrected chi connectivity index (χ4v) is 5.26. The van der Waals surface area contributed by atoms with Gasteiger partial charge in [0, 0.05) is 13.5 Å². The van der Waals surface area contributed by atoms with Gasteiger partial charge in [-0.2, -0.15) is 0 Å². The summed E-state index contributed by atoms with van der Waals surface area (Å²) in [5.74, 6) is 0. The maximum absolute atomic E-state index is 12.3. The smallest absolute Gasteiger partial charge is 0.271 e. The van der Waals surface area contributed by atoms with Gasteiger partial charge in [-0.1, -0.05) is 11.6 Å². The van der Waals surface area contributed by atoms with E-state index in [-0.39, 0.29) is 10.8 Å². The Morgan fingerprint density at radius 2 is 2.10 bits per heavy atom. The van der Waals surface area contributed by atoms with Crippen molar-refractivity contribution in [3.05, 3.63) is 43.3 Å². The molecule has 0 aliphatic heterocycles. The summed E-state index contributed by atoms with van der Waals surface area (Å²) in [6, 6.07) is 6.48. The summed E-state index contributed by atoms with van der Waals surface area (Å²) in [5, 5.41) is 9.69. The Bertz CT molecular complexity index is 743. The van der Waals surface area contributed by atoms with E-state index >= 15 is 0 Å². The highest BCUT2D eigenvalue weighted by atomic mass is 127. The van der Waals surface area contributed by atoms with Gasteiger partial charge in [-0.25, -0.2) is 8.42 Å². The second kappa shape index (κ2) is 6.18. The minimum Gasteiger partial charge on any atom is -0.391 e. The van der Waals surface area contributed by atoms with E-state index in [1.54, 1.807) is 31.2 Å². The lowest BCUT2D eigenvalue weighted by Gasteiger charge is -2.08. The Hall–Kier alpha value is -0.350. The van der Waals surface area contributed by atoms with E-state index in [1.165, 1.54) is 0 Å². The highest BCUT2D eigenvalue weighted by molar-refractivity contribution is 14.1. The first-order valence-electron chi connectivity index (χ1n) is 5.51. The van der Waals surface area contributed by atoms with Crippen molar-refractivity contribution in [3.63, 3.8) is 0 Å². The minimum absolute atomic E-state index is 0.162. The Kier molecular flexibility index (Phi) is 4.96. The number of halogens is 2. The zero-order chi connectivity index (χ0) is 14.9. The number of rotatable bonds is 4. The van der Waals surface area contributed by atoms with Crippen molar-refractivity contribution in [1.82, 2.24) is 0 Å². The van der Waals surface area contributed by atoms with Crippen molar-refractivity contribution in [2.45, 2.75) is 17.7 Å². The van der Waals surface area contributed by atoms with Crippen molar-refractivity contribution in [1.29, 1.82) is 0 Å². The molecule has 0 atom stereocenters. The standard InChI is InChI=1S/C12H11ClINO3S2/c1-7-4-12(19-11(7)6-16)20(17,18)15-10-3-2-8(13)5-9(10)14/h2-5,15-16H,6H2,1H3. The third-order valence-electron chi connectivity index (χ3n) is 2.58. The molecule has 2 rings (SSSR count). The first kappa shape index (κ1) is 16.0. The number of hydrogen-bond donors (Lipinski definition) is 2. The largest absolute Gasteiger partial charge is 0.391 e. The van der Waals surface area contributed by atoms with Gasteiger partial charge in [0.1, 0.15) is 4.21 Å². The number of benzene rings is 1. The summed E-state index contributed by atoms with van der Waals surface area (Å²) < 4.78 is 28.0. The molecule has 0 aliphatic carbocycles. The van der Waals surface area contributed by atoms with Crippen LogP contribution in [0.4, 0.5) is 5.69 Å².